The quantitative estimate of drug-likeness (QED) is 0.848. The molecule has 0 fully saturated rings. The van der Waals surface area contributed by atoms with Gasteiger partial charge in [-0.25, -0.2) is 0 Å². The Morgan fingerprint density at radius 3 is 2.20 bits per heavy atom. The molecule has 3 nitrogen and oxygen atoms in total. The molecule has 0 radical (unpaired) electrons. The largest absolute Gasteiger partial charge is 0.416 e. The molecule has 25 heavy (non-hydrogen) atoms. The van der Waals surface area contributed by atoms with Crippen molar-refractivity contribution in [2.45, 2.75) is 32.1 Å². The van der Waals surface area contributed by atoms with E-state index in [1.54, 1.807) is 19.9 Å². The van der Waals surface area contributed by atoms with Crippen LogP contribution in [-0.4, -0.2) is 5.91 Å². The fourth-order valence-electron chi connectivity index (χ4n) is 2.54. The minimum atomic E-state index is -4.41. The van der Waals surface area contributed by atoms with Crippen molar-refractivity contribution in [3.8, 4) is 0 Å². The highest BCUT2D eigenvalue weighted by atomic mass is 19.4. The standard InChI is InChI=1S/C19H21F3N2O/c1-12(17(23)14-7-4-3-5-8-14)18(25)24-13(2)15-9-6-10-16(11-15)19(20,21)22/h3-13,17H,23H2,1-2H3,(H,24,25). The summed E-state index contributed by atoms with van der Waals surface area (Å²) >= 11 is 0. The number of alkyl halides is 3. The molecule has 3 unspecified atom stereocenters. The molecule has 0 spiro atoms. The lowest BCUT2D eigenvalue weighted by molar-refractivity contribution is -0.137. The lowest BCUT2D eigenvalue weighted by Gasteiger charge is -2.23. The molecule has 0 saturated heterocycles. The summed E-state index contributed by atoms with van der Waals surface area (Å²) in [6, 6.07) is 13.1. The molecule has 0 aliphatic carbocycles. The summed E-state index contributed by atoms with van der Waals surface area (Å²) in [6.07, 6.45) is -4.41. The molecule has 0 aliphatic rings. The Kier molecular flexibility index (Phi) is 5.85. The first-order valence-corrected chi connectivity index (χ1v) is 7.98. The number of carbonyl (C=O) groups excluding carboxylic acids is 1. The molecule has 2 aromatic carbocycles. The number of hydrogen-bond donors (Lipinski definition) is 2. The van der Waals surface area contributed by atoms with Crippen LogP contribution in [0.5, 0.6) is 0 Å². The Hall–Kier alpha value is -2.34. The molecule has 0 aromatic heterocycles. The Morgan fingerprint density at radius 2 is 1.60 bits per heavy atom. The zero-order valence-corrected chi connectivity index (χ0v) is 14.0. The number of carbonyl (C=O) groups is 1. The Balaban J connectivity index is 2.07. The van der Waals surface area contributed by atoms with E-state index in [0.717, 1.165) is 17.7 Å². The van der Waals surface area contributed by atoms with E-state index in [9.17, 15) is 18.0 Å². The maximum absolute atomic E-state index is 12.8. The summed E-state index contributed by atoms with van der Waals surface area (Å²) in [5.74, 6) is -0.822. The molecule has 0 aliphatic heterocycles. The van der Waals surface area contributed by atoms with Crippen LogP contribution in [0.15, 0.2) is 54.6 Å². The molecule has 2 rings (SSSR count). The molecule has 2 aromatic rings. The topological polar surface area (TPSA) is 55.1 Å². The van der Waals surface area contributed by atoms with Gasteiger partial charge in [-0.15, -0.1) is 0 Å². The highest BCUT2D eigenvalue weighted by Crippen LogP contribution is 2.31. The zero-order valence-electron chi connectivity index (χ0n) is 14.0. The van der Waals surface area contributed by atoms with E-state index in [1.165, 1.54) is 6.07 Å². The second-order valence-electron chi connectivity index (χ2n) is 6.08. The minimum absolute atomic E-state index is 0.304. The summed E-state index contributed by atoms with van der Waals surface area (Å²) in [4.78, 5) is 12.4. The lowest BCUT2D eigenvalue weighted by Crippen LogP contribution is -2.37. The highest BCUT2D eigenvalue weighted by molar-refractivity contribution is 5.79. The van der Waals surface area contributed by atoms with Crippen LogP contribution in [0.25, 0.3) is 0 Å². The van der Waals surface area contributed by atoms with Crippen LogP contribution in [0.1, 0.15) is 42.6 Å². The van der Waals surface area contributed by atoms with Gasteiger partial charge in [-0.1, -0.05) is 49.4 Å². The first-order valence-electron chi connectivity index (χ1n) is 7.98. The maximum atomic E-state index is 12.8. The molecule has 1 amide bonds. The molecule has 0 bridgehead atoms. The third-order valence-corrected chi connectivity index (χ3v) is 4.21. The number of rotatable bonds is 5. The Bertz CT molecular complexity index is 716. The number of nitrogens with two attached hydrogens (primary N) is 1. The van der Waals surface area contributed by atoms with Crippen LogP contribution < -0.4 is 11.1 Å². The van der Waals surface area contributed by atoms with Crippen molar-refractivity contribution in [2.75, 3.05) is 0 Å². The smallest absolute Gasteiger partial charge is 0.349 e. The van der Waals surface area contributed by atoms with Gasteiger partial charge in [-0.3, -0.25) is 4.79 Å². The van der Waals surface area contributed by atoms with E-state index in [-0.39, 0.29) is 5.91 Å². The zero-order chi connectivity index (χ0) is 18.6. The van der Waals surface area contributed by atoms with E-state index in [1.807, 2.05) is 30.3 Å². The van der Waals surface area contributed by atoms with Crippen molar-refractivity contribution in [3.63, 3.8) is 0 Å². The van der Waals surface area contributed by atoms with Gasteiger partial charge in [0, 0.05) is 6.04 Å². The first kappa shape index (κ1) is 19.0. The molecule has 134 valence electrons. The average Bonchev–Trinajstić information content (AvgIpc) is 2.60. The summed E-state index contributed by atoms with van der Waals surface area (Å²) in [5, 5.41) is 2.74. The van der Waals surface area contributed by atoms with Crippen LogP contribution in [0.2, 0.25) is 0 Å². The number of hydrogen-bond acceptors (Lipinski definition) is 2. The fraction of sp³-hybridized carbons (Fsp3) is 0.316. The van der Waals surface area contributed by atoms with Crippen molar-refractivity contribution >= 4 is 5.91 Å². The van der Waals surface area contributed by atoms with Crippen molar-refractivity contribution in [1.82, 2.24) is 5.32 Å². The van der Waals surface area contributed by atoms with Gasteiger partial charge in [0.05, 0.1) is 17.5 Å². The third-order valence-electron chi connectivity index (χ3n) is 4.21. The van der Waals surface area contributed by atoms with E-state index < -0.39 is 29.7 Å². The van der Waals surface area contributed by atoms with Crippen molar-refractivity contribution in [1.29, 1.82) is 0 Å². The van der Waals surface area contributed by atoms with Gasteiger partial charge in [0.1, 0.15) is 0 Å². The van der Waals surface area contributed by atoms with Crippen molar-refractivity contribution in [2.24, 2.45) is 11.7 Å². The van der Waals surface area contributed by atoms with Gasteiger partial charge in [0.2, 0.25) is 5.91 Å². The number of amides is 1. The van der Waals surface area contributed by atoms with E-state index in [0.29, 0.717) is 5.56 Å². The third kappa shape index (κ3) is 4.82. The van der Waals surface area contributed by atoms with Crippen LogP contribution in [0, 0.1) is 5.92 Å². The molecule has 6 heteroatoms. The Labute approximate surface area is 145 Å². The molecule has 3 N–H and O–H groups in total. The second kappa shape index (κ2) is 7.70. The fourth-order valence-corrected chi connectivity index (χ4v) is 2.54. The van der Waals surface area contributed by atoms with E-state index in [4.69, 9.17) is 5.73 Å². The molecular weight excluding hydrogens is 329 g/mol. The van der Waals surface area contributed by atoms with E-state index in [2.05, 4.69) is 5.32 Å². The summed E-state index contributed by atoms with van der Waals surface area (Å²) < 4.78 is 38.4. The lowest BCUT2D eigenvalue weighted by atomic mass is 9.94. The van der Waals surface area contributed by atoms with E-state index >= 15 is 0 Å². The normalized spacial score (nSPS) is 15.3. The molecule has 3 atom stereocenters. The molecular formula is C19H21F3N2O. The number of halogens is 3. The van der Waals surface area contributed by atoms with Gasteiger partial charge in [-0.05, 0) is 30.2 Å². The summed E-state index contributed by atoms with van der Waals surface area (Å²) in [6.45, 7) is 3.35. The average molecular weight is 350 g/mol. The predicted molar refractivity (Wildman–Crippen MR) is 90.5 cm³/mol. The minimum Gasteiger partial charge on any atom is -0.349 e. The Morgan fingerprint density at radius 1 is 1.00 bits per heavy atom. The highest BCUT2D eigenvalue weighted by Gasteiger charge is 2.31. The van der Waals surface area contributed by atoms with Crippen LogP contribution in [-0.2, 0) is 11.0 Å². The van der Waals surface area contributed by atoms with Crippen LogP contribution >= 0.6 is 0 Å². The summed E-state index contributed by atoms with van der Waals surface area (Å²) in [5.41, 5.74) is 6.61. The van der Waals surface area contributed by atoms with Crippen molar-refractivity contribution in [3.05, 3.63) is 71.3 Å². The van der Waals surface area contributed by atoms with Gasteiger partial charge >= 0.3 is 6.18 Å². The number of nitrogens with one attached hydrogen (secondary N) is 1. The van der Waals surface area contributed by atoms with Crippen molar-refractivity contribution < 1.29 is 18.0 Å². The number of benzene rings is 2. The predicted octanol–water partition coefficient (Wildman–Crippen LogP) is 4.22. The maximum Gasteiger partial charge on any atom is 0.416 e. The summed E-state index contributed by atoms with van der Waals surface area (Å²) in [7, 11) is 0. The van der Waals surface area contributed by atoms with Crippen LogP contribution in [0.4, 0.5) is 13.2 Å². The molecule has 0 saturated carbocycles. The monoisotopic (exact) mass is 350 g/mol. The second-order valence-corrected chi connectivity index (χ2v) is 6.08. The van der Waals surface area contributed by atoms with Gasteiger partial charge in [-0.2, -0.15) is 13.2 Å². The van der Waals surface area contributed by atoms with Gasteiger partial charge in [0.15, 0.2) is 0 Å². The van der Waals surface area contributed by atoms with Crippen LogP contribution in [0.3, 0.4) is 0 Å². The first-order chi connectivity index (χ1) is 11.7. The van der Waals surface area contributed by atoms with Gasteiger partial charge in [0.25, 0.3) is 0 Å². The molecule has 0 heterocycles. The SMILES string of the molecule is CC(NC(=O)C(C)C(N)c1ccccc1)c1cccc(C(F)(F)F)c1. The van der Waals surface area contributed by atoms with Gasteiger partial charge < -0.3 is 11.1 Å².